The fourth-order valence-electron chi connectivity index (χ4n) is 6.36. The van der Waals surface area contributed by atoms with E-state index in [-0.39, 0.29) is 24.9 Å². The Kier molecular flexibility index (Phi) is 6.83. The van der Waals surface area contributed by atoms with Crippen LogP contribution in [0.25, 0.3) is 0 Å². The van der Waals surface area contributed by atoms with E-state index in [9.17, 15) is 19.2 Å². The highest BCUT2D eigenvalue weighted by Gasteiger charge is 2.71. The molecule has 2 heterocycles. The fourth-order valence-corrected chi connectivity index (χ4v) is 6.36. The molecule has 0 radical (unpaired) electrons. The summed E-state index contributed by atoms with van der Waals surface area (Å²) in [5.41, 5.74) is 0.534. The van der Waals surface area contributed by atoms with Crippen LogP contribution in [-0.2, 0) is 42.9 Å². The lowest BCUT2D eigenvalue weighted by Gasteiger charge is -2.52. The normalized spacial score (nSPS) is 39.5. The lowest BCUT2D eigenvalue weighted by atomic mass is 9.55. The van der Waals surface area contributed by atoms with Gasteiger partial charge in [0.25, 0.3) is 0 Å². The van der Waals surface area contributed by atoms with Gasteiger partial charge in [-0.05, 0) is 44.4 Å². The number of esters is 4. The molecule has 4 aliphatic rings. The van der Waals surface area contributed by atoms with Crippen LogP contribution in [0.1, 0.15) is 74.1 Å². The van der Waals surface area contributed by atoms with Gasteiger partial charge in [0.05, 0.1) is 11.7 Å². The molecule has 198 valence electrons. The molecule has 9 heteroatoms. The van der Waals surface area contributed by atoms with Crippen molar-refractivity contribution in [1.29, 1.82) is 0 Å². The highest BCUT2D eigenvalue weighted by atomic mass is 16.6. The lowest BCUT2D eigenvalue weighted by molar-refractivity contribution is -0.192. The summed E-state index contributed by atoms with van der Waals surface area (Å²) in [6.45, 7) is 11.9. The Morgan fingerprint density at radius 1 is 1.03 bits per heavy atom. The molecule has 1 saturated carbocycles. The summed E-state index contributed by atoms with van der Waals surface area (Å²) in [5, 5.41) is 0. The molecule has 0 aromatic carbocycles. The zero-order valence-corrected chi connectivity index (χ0v) is 22.0. The van der Waals surface area contributed by atoms with Crippen molar-refractivity contribution < 1.29 is 42.9 Å². The molecule has 2 aliphatic carbocycles. The molecule has 8 atom stereocenters. The van der Waals surface area contributed by atoms with Crippen LogP contribution in [0.5, 0.6) is 0 Å². The molecule has 0 amide bonds. The van der Waals surface area contributed by atoms with Gasteiger partial charge in [-0.3, -0.25) is 14.4 Å². The third kappa shape index (κ3) is 4.46. The first-order valence-corrected chi connectivity index (χ1v) is 12.6. The van der Waals surface area contributed by atoms with Crippen molar-refractivity contribution in [3.8, 4) is 0 Å². The molecular weight excluding hydrogens is 468 g/mol. The smallest absolute Gasteiger partial charge is 0.334 e. The summed E-state index contributed by atoms with van der Waals surface area (Å²) in [7, 11) is 0. The predicted molar refractivity (Wildman–Crippen MR) is 126 cm³/mol. The number of rotatable bonds is 4. The maximum absolute atomic E-state index is 12.7. The molecule has 0 bridgehead atoms. The zero-order chi connectivity index (χ0) is 26.6. The van der Waals surface area contributed by atoms with E-state index in [1.165, 1.54) is 13.8 Å². The van der Waals surface area contributed by atoms with E-state index in [2.05, 4.69) is 0 Å². The van der Waals surface area contributed by atoms with Crippen molar-refractivity contribution >= 4 is 23.9 Å². The summed E-state index contributed by atoms with van der Waals surface area (Å²) < 4.78 is 29.5. The summed E-state index contributed by atoms with van der Waals surface area (Å²) in [5.74, 6) is -2.01. The molecule has 0 aromatic heterocycles. The van der Waals surface area contributed by atoms with Crippen molar-refractivity contribution in [3.05, 3.63) is 22.8 Å². The van der Waals surface area contributed by atoms with Gasteiger partial charge in [-0.25, -0.2) is 4.79 Å². The van der Waals surface area contributed by atoms with Gasteiger partial charge in [-0.2, -0.15) is 0 Å². The molecule has 2 aliphatic heterocycles. The first kappa shape index (κ1) is 26.4. The van der Waals surface area contributed by atoms with E-state index in [1.54, 1.807) is 26.8 Å². The molecule has 9 nitrogen and oxygen atoms in total. The Balaban J connectivity index is 1.92. The van der Waals surface area contributed by atoms with Crippen LogP contribution in [-0.4, -0.2) is 60.0 Å². The molecule has 0 N–H and O–H groups in total. The second kappa shape index (κ2) is 9.32. The summed E-state index contributed by atoms with van der Waals surface area (Å²) >= 11 is 0. The van der Waals surface area contributed by atoms with Gasteiger partial charge in [0, 0.05) is 50.0 Å². The van der Waals surface area contributed by atoms with Gasteiger partial charge >= 0.3 is 23.9 Å². The minimum absolute atomic E-state index is 0.135. The second-order valence-corrected chi connectivity index (χ2v) is 10.8. The van der Waals surface area contributed by atoms with E-state index in [1.807, 2.05) is 13.8 Å². The van der Waals surface area contributed by atoms with Crippen molar-refractivity contribution in [3.63, 3.8) is 0 Å². The second-order valence-electron chi connectivity index (χ2n) is 10.8. The highest BCUT2D eigenvalue weighted by Crippen LogP contribution is 2.63. The molecule has 1 saturated heterocycles. The minimum atomic E-state index is -0.905. The topological polar surface area (TPSA) is 118 Å². The molecule has 4 rings (SSSR count). The molecule has 8 unspecified atom stereocenters. The van der Waals surface area contributed by atoms with Crippen LogP contribution in [0, 0.1) is 11.3 Å². The number of fused-ring (bicyclic) bond motifs is 4. The van der Waals surface area contributed by atoms with Crippen LogP contribution in [0.4, 0.5) is 0 Å². The SMILES string of the molecule is CCC(=O)OC1CC(OC(C)=O)C(C)=CC2OC(=O)C(C)=C2CC2C3(C)OC3CC(OC(C)=O)C12C. The van der Waals surface area contributed by atoms with Gasteiger partial charge in [0.2, 0.25) is 0 Å². The Hall–Kier alpha value is -2.68. The van der Waals surface area contributed by atoms with E-state index in [0.29, 0.717) is 24.0 Å². The minimum Gasteiger partial charge on any atom is -0.462 e. The van der Waals surface area contributed by atoms with Gasteiger partial charge in [0.15, 0.2) is 0 Å². The standard InChI is InChI=1S/C27H36O9/c1-8-24(30)35-21-11-18(32-15(4)28)13(2)9-19-17(14(3)25(31)34-19)10-20-26(21,6)22(33-16(5)29)12-23-27(20,7)36-23/h9,18-23H,8,10-12H2,1-7H3. The summed E-state index contributed by atoms with van der Waals surface area (Å²) in [4.78, 5) is 49.6. The Morgan fingerprint density at radius 3 is 2.28 bits per heavy atom. The van der Waals surface area contributed by atoms with Crippen molar-refractivity contribution in [2.75, 3.05) is 0 Å². The van der Waals surface area contributed by atoms with Crippen LogP contribution in [0.15, 0.2) is 22.8 Å². The fraction of sp³-hybridized carbons (Fsp3) is 0.704. The van der Waals surface area contributed by atoms with Crippen LogP contribution >= 0.6 is 0 Å². The molecule has 36 heavy (non-hydrogen) atoms. The molecule has 0 aromatic rings. The average molecular weight is 505 g/mol. The predicted octanol–water partition coefficient (Wildman–Crippen LogP) is 3.34. The van der Waals surface area contributed by atoms with E-state index >= 15 is 0 Å². The Morgan fingerprint density at radius 2 is 1.67 bits per heavy atom. The lowest BCUT2D eigenvalue weighted by Crippen LogP contribution is -2.59. The van der Waals surface area contributed by atoms with E-state index in [4.69, 9.17) is 23.7 Å². The van der Waals surface area contributed by atoms with Gasteiger partial charge in [0.1, 0.15) is 24.4 Å². The maximum Gasteiger partial charge on any atom is 0.334 e. The van der Waals surface area contributed by atoms with Gasteiger partial charge in [-0.1, -0.05) is 13.8 Å². The summed E-state index contributed by atoms with van der Waals surface area (Å²) in [6.07, 6.45) is 0.160. The van der Waals surface area contributed by atoms with Crippen LogP contribution < -0.4 is 0 Å². The molecule has 0 spiro atoms. The highest BCUT2D eigenvalue weighted by molar-refractivity contribution is 5.92. The number of carbonyl (C=O) groups is 4. The third-order valence-electron chi connectivity index (χ3n) is 8.56. The van der Waals surface area contributed by atoms with Crippen molar-refractivity contribution in [2.45, 2.75) is 110 Å². The van der Waals surface area contributed by atoms with Crippen LogP contribution in [0.3, 0.4) is 0 Å². The average Bonchev–Trinajstić information content (AvgIpc) is 3.37. The Labute approximate surface area is 211 Å². The Bertz CT molecular complexity index is 1040. The quantitative estimate of drug-likeness (QED) is 0.246. The molecular formula is C27H36O9. The van der Waals surface area contributed by atoms with Crippen LogP contribution in [0.2, 0.25) is 0 Å². The zero-order valence-electron chi connectivity index (χ0n) is 22.0. The number of ether oxygens (including phenoxy) is 5. The van der Waals surface area contributed by atoms with E-state index in [0.717, 1.165) is 5.57 Å². The van der Waals surface area contributed by atoms with Gasteiger partial charge in [-0.15, -0.1) is 0 Å². The number of hydrogen-bond donors (Lipinski definition) is 0. The number of hydrogen-bond acceptors (Lipinski definition) is 9. The number of epoxide rings is 1. The first-order valence-electron chi connectivity index (χ1n) is 12.6. The maximum atomic E-state index is 12.7. The van der Waals surface area contributed by atoms with E-state index < -0.39 is 59.3 Å². The van der Waals surface area contributed by atoms with Crippen molar-refractivity contribution in [2.24, 2.45) is 11.3 Å². The number of carbonyl (C=O) groups excluding carboxylic acids is 4. The molecule has 2 fully saturated rings. The van der Waals surface area contributed by atoms with Crippen molar-refractivity contribution in [1.82, 2.24) is 0 Å². The monoisotopic (exact) mass is 504 g/mol. The third-order valence-corrected chi connectivity index (χ3v) is 8.56. The largest absolute Gasteiger partial charge is 0.462 e. The summed E-state index contributed by atoms with van der Waals surface area (Å²) in [6, 6.07) is 0. The van der Waals surface area contributed by atoms with Gasteiger partial charge < -0.3 is 23.7 Å². The first-order chi connectivity index (χ1) is 16.8.